The highest BCUT2D eigenvalue weighted by atomic mass is 16.6. The summed E-state index contributed by atoms with van der Waals surface area (Å²) < 4.78 is 33.3. The number of amides is 1. The molecule has 0 unspecified atom stereocenters. The van der Waals surface area contributed by atoms with E-state index in [2.05, 4.69) is 5.32 Å². The molecular formula is C38H39NO6. The first kappa shape index (κ1) is 30.9. The van der Waals surface area contributed by atoms with Crippen LogP contribution in [0.2, 0.25) is 0 Å². The van der Waals surface area contributed by atoms with Crippen LogP contribution < -0.4 is 5.32 Å². The number of nitrogens with one attached hydrogen (secondary N) is 1. The monoisotopic (exact) mass is 605 g/mol. The fourth-order valence-electron chi connectivity index (χ4n) is 5.86. The second-order valence-electron chi connectivity index (χ2n) is 11.4. The number of ether oxygens (including phenoxy) is 5. The van der Waals surface area contributed by atoms with Crippen molar-refractivity contribution in [2.24, 2.45) is 0 Å². The summed E-state index contributed by atoms with van der Waals surface area (Å²) in [6.07, 6.45) is 1.33. The predicted molar refractivity (Wildman–Crippen MR) is 171 cm³/mol. The molecular weight excluding hydrogens is 566 g/mol. The molecule has 0 aromatic heterocycles. The van der Waals surface area contributed by atoms with E-state index in [0.29, 0.717) is 32.8 Å². The summed E-state index contributed by atoms with van der Waals surface area (Å²) in [5.74, 6) is -0.246. The van der Waals surface area contributed by atoms with Crippen molar-refractivity contribution in [1.29, 1.82) is 0 Å². The molecule has 0 radical (unpaired) electrons. The molecule has 1 spiro atoms. The van der Waals surface area contributed by atoms with Gasteiger partial charge >= 0.3 is 0 Å². The fourth-order valence-corrected chi connectivity index (χ4v) is 5.86. The Hall–Kier alpha value is -4.11. The summed E-state index contributed by atoms with van der Waals surface area (Å²) in [5.41, 5.74) is 2.92. The highest BCUT2D eigenvalue weighted by molar-refractivity contribution is 5.89. The number of benzene rings is 4. The Bertz CT molecular complexity index is 1500. The van der Waals surface area contributed by atoms with Crippen LogP contribution >= 0.6 is 0 Å². The number of carbonyl (C=O) groups excluding carboxylic acids is 1. The molecule has 7 nitrogen and oxygen atoms in total. The quantitative estimate of drug-likeness (QED) is 0.198. The second-order valence-corrected chi connectivity index (χ2v) is 11.4. The molecule has 0 aliphatic carbocycles. The molecule has 1 saturated heterocycles. The van der Waals surface area contributed by atoms with Gasteiger partial charge in [0.05, 0.1) is 33.0 Å². The molecule has 1 amide bonds. The number of rotatable bonds is 13. The van der Waals surface area contributed by atoms with Crippen LogP contribution in [-0.4, -0.2) is 42.7 Å². The smallest absolute Gasteiger partial charge is 0.245 e. The normalized spacial score (nSPS) is 24.4. The zero-order valence-electron chi connectivity index (χ0n) is 25.2. The number of hydrogen-bond acceptors (Lipinski definition) is 6. The Morgan fingerprint density at radius 3 is 1.60 bits per heavy atom. The summed E-state index contributed by atoms with van der Waals surface area (Å²) >= 11 is 0. The Morgan fingerprint density at radius 2 is 1.09 bits per heavy atom. The Balaban J connectivity index is 1.33. The molecule has 45 heavy (non-hydrogen) atoms. The summed E-state index contributed by atoms with van der Waals surface area (Å²) in [6, 6.07) is 40.0. The Labute approximate surface area is 264 Å². The van der Waals surface area contributed by atoms with Crippen LogP contribution in [0.4, 0.5) is 0 Å². The van der Waals surface area contributed by atoms with E-state index in [0.717, 1.165) is 22.3 Å². The molecule has 2 aliphatic heterocycles. The predicted octanol–water partition coefficient (Wildman–Crippen LogP) is 6.13. The van der Waals surface area contributed by atoms with E-state index in [1.807, 2.05) is 127 Å². The van der Waals surface area contributed by atoms with Crippen molar-refractivity contribution in [3.05, 3.63) is 156 Å². The van der Waals surface area contributed by atoms with Crippen molar-refractivity contribution in [2.75, 3.05) is 6.61 Å². The lowest BCUT2D eigenvalue weighted by Crippen LogP contribution is -2.73. The number of carbonyl (C=O) groups is 1. The average Bonchev–Trinajstić information content (AvgIpc) is 3.08. The minimum atomic E-state index is -1.19. The molecule has 1 N–H and O–H groups in total. The molecule has 6 rings (SSSR count). The molecule has 2 heterocycles. The molecule has 4 aromatic carbocycles. The third kappa shape index (κ3) is 8.14. The largest absolute Gasteiger partial charge is 0.374 e. The maximum absolute atomic E-state index is 12.9. The lowest BCUT2D eigenvalue weighted by Gasteiger charge is -2.53. The van der Waals surface area contributed by atoms with Crippen molar-refractivity contribution < 1.29 is 28.5 Å². The van der Waals surface area contributed by atoms with E-state index in [-0.39, 0.29) is 12.5 Å². The zero-order valence-corrected chi connectivity index (χ0v) is 25.2. The molecule has 232 valence electrons. The maximum Gasteiger partial charge on any atom is 0.245 e. The highest BCUT2D eigenvalue weighted by Gasteiger charge is 2.57. The van der Waals surface area contributed by atoms with Crippen LogP contribution in [0, 0.1) is 0 Å². The van der Waals surface area contributed by atoms with Crippen molar-refractivity contribution in [2.45, 2.75) is 63.0 Å². The molecule has 4 aromatic rings. The van der Waals surface area contributed by atoms with E-state index >= 15 is 0 Å². The molecule has 0 bridgehead atoms. The highest BCUT2D eigenvalue weighted by Crippen LogP contribution is 2.39. The third-order valence-electron chi connectivity index (χ3n) is 8.07. The van der Waals surface area contributed by atoms with Gasteiger partial charge in [-0.1, -0.05) is 127 Å². The average molecular weight is 606 g/mol. The maximum atomic E-state index is 12.9. The Morgan fingerprint density at radius 1 is 0.622 bits per heavy atom. The van der Waals surface area contributed by atoms with Gasteiger partial charge in [0, 0.05) is 6.42 Å². The first-order valence-electron chi connectivity index (χ1n) is 15.4. The van der Waals surface area contributed by atoms with E-state index in [1.165, 1.54) is 6.08 Å². The van der Waals surface area contributed by atoms with Gasteiger partial charge in [-0.25, -0.2) is 0 Å². The first-order valence-corrected chi connectivity index (χ1v) is 15.4. The lowest BCUT2D eigenvalue weighted by molar-refractivity contribution is -0.314. The molecule has 0 saturated carbocycles. The minimum Gasteiger partial charge on any atom is -0.374 e. The van der Waals surface area contributed by atoms with Crippen LogP contribution in [-0.2, 0) is 54.9 Å². The van der Waals surface area contributed by atoms with Gasteiger partial charge in [-0.05, 0) is 28.3 Å². The topological polar surface area (TPSA) is 75.3 Å². The summed E-state index contributed by atoms with van der Waals surface area (Å²) in [4.78, 5) is 12.9. The van der Waals surface area contributed by atoms with Crippen molar-refractivity contribution in [1.82, 2.24) is 5.32 Å². The van der Waals surface area contributed by atoms with Gasteiger partial charge in [0.15, 0.2) is 5.72 Å². The van der Waals surface area contributed by atoms with Crippen molar-refractivity contribution in [3.63, 3.8) is 0 Å². The summed E-state index contributed by atoms with van der Waals surface area (Å²) in [7, 11) is 0. The van der Waals surface area contributed by atoms with Crippen LogP contribution in [0.3, 0.4) is 0 Å². The van der Waals surface area contributed by atoms with Gasteiger partial charge in [-0.15, -0.1) is 0 Å². The first-order chi connectivity index (χ1) is 22.2. The van der Waals surface area contributed by atoms with Crippen LogP contribution in [0.5, 0.6) is 0 Å². The van der Waals surface area contributed by atoms with E-state index in [9.17, 15) is 4.79 Å². The molecule has 7 heteroatoms. The van der Waals surface area contributed by atoms with Crippen LogP contribution in [0.15, 0.2) is 133 Å². The van der Waals surface area contributed by atoms with Gasteiger partial charge < -0.3 is 29.0 Å². The molecule has 2 aliphatic rings. The van der Waals surface area contributed by atoms with E-state index in [4.69, 9.17) is 23.7 Å². The summed E-state index contributed by atoms with van der Waals surface area (Å²) in [6.45, 7) is 1.63. The van der Waals surface area contributed by atoms with E-state index in [1.54, 1.807) is 0 Å². The minimum absolute atomic E-state index is 0.228. The zero-order chi connectivity index (χ0) is 30.7. The fraction of sp³-hybridized carbons (Fsp3) is 0.289. The standard InChI is InChI=1S/C38H39NO6/c40-34-22-13-23-38(39-34)37(44-27-32-20-11-4-12-21-32)36(43-26-31-18-9-3-10-19-31)35(42-25-30-16-7-2-8-17-30)33(45-38)28-41-24-29-14-5-1-6-15-29/h1-22,33,35-37H,23-28H2,(H,39,40)/t33-,35-,36+,37-,38+/m1/s1. The van der Waals surface area contributed by atoms with Crippen molar-refractivity contribution >= 4 is 5.91 Å². The van der Waals surface area contributed by atoms with Gasteiger partial charge in [0.2, 0.25) is 5.91 Å². The molecule has 5 atom stereocenters. The SMILES string of the molecule is O=C1C=CC[C@]2(N1)O[C@H](COCc1ccccc1)[C@@H](OCc1ccccc1)[C@H](OCc1ccccc1)[C@H]2OCc1ccccc1. The van der Waals surface area contributed by atoms with Gasteiger partial charge in [0.1, 0.15) is 24.4 Å². The third-order valence-corrected chi connectivity index (χ3v) is 8.07. The Kier molecular flexibility index (Phi) is 10.5. The number of hydrogen-bond donors (Lipinski definition) is 1. The van der Waals surface area contributed by atoms with Gasteiger partial charge in [-0.2, -0.15) is 0 Å². The summed E-state index contributed by atoms with van der Waals surface area (Å²) in [5, 5.41) is 3.11. The van der Waals surface area contributed by atoms with Crippen LogP contribution in [0.25, 0.3) is 0 Å². The lowest BCUT2D eigenvalue weighted by atomic mass is 9.86. The van der Waals surface area contributed by atoms with Crippen molar-refractivity contribution in [3.8, 4) is 0 Å². The van der Waals surface area contributed by atoms with Gasteiger partial charge in [0.25, 0.3) is 0 Å². The molecule has 1 fully saturated rings. The van der Waals surface area contributed by atoms with E-state index < -0.39 is 30.1 Å². The second kappa shape index (κ2) is 15.3. The van der Waals surface area contributed by atoms with Crippen LogP contribution in [0.1, 0.15) is 28.7 Å². The van der Waals surface area contributed by atoms with Gasteiger partial charge in [-0.3, -0.25) is 4.79 Å².